The van der Waals surface area contributed by atoms with Gasteiger partial charge in [-0.2, -0.15) is 0 Å². The average molecular weight is 622 g/mol. The predicted octanol–water partition coefficient (Wildman–Crippen LogP) is 7.30. The van der Waals surface area contributed by atoms with Crippen LogP contribution in [0.15, 0.2) is 72.8 Å². The van der Waals surface area contributed by atoms with Crippen LogP contribution in [0, 0.1) is 20.8 Å². The number of aliphatic carboxylic acids is 2. The molecular formula is C33H30Cl2N2O6. The largest absolute Gasteiger partial charge is 0.497 e. The summed E-state index contributed by atoms with van der Waals surface area (Å²) >= 11 is 11.8. The Labute approximate surface area is 258 Å². The SMILES string of the molecule is COc1ccc2c(c1)c(CC(=O)O)c(C)n2C(=O)c1ccc(Cl)cc1.Cc1cc(CC(=O)O)c(C)n1-c1ccc(Cl)cc1. The van der Waals surface area contributed by atoms with Crippen molar-refractivity contribution in [1.29, 1.82) is 0 Å². The third kappa shape index (κ3) is 6.93. The highest BCUT2D eigenvalue weighted by Crippen LogP contribution is 2.31. The summed E-state index contributed by atoms with van der Waals surface area (Å²) in [5, 5.41) is 20.0. The molecule has 0 bridgehead atoms. The van der Waals surface area contributed by atoms with Gasteiger partial charge >= 0.3 is 11.9 Å². The van der Waals surface area contributed by atoms with Crippen LogP contribution in [0.3, 0.4) is 0 Å². The highest BCUT2D eigenvalue weighted by Gasteiger charge is 2.22. The molecule has 2 N–H and O–H groups in total. The fraction of sp³-hybridized carbons (Fsp3) is 0.182. The second kappa shape index (κ2) is 13.2. The molecule has 2 heterocycles. The number of carboxylic acid groups (broad SMARTS) is 2. The molecule has 5 rings (SSSR count). The van der Waals surface area contributed by atoms with E-state index in [1.807, 2.05) is 48.7 Å². The summed E-state index contributed by atoms with van der Waals surface area (Å²) in [6.45, 7) is 5.64. The molecule has 2 aromatic heterocycles. The molecule has 0 atom stereocenters. The quantitative estimate of drug-likeness (QED) is 0.197. The van der Waals surface area contributed by atoms with E-state index in [1.165, 1.54) is 4.57 Å². The summed E-state index contributed by atoms with van der Waals surface area (Å²) in [5.74, 6) is -1.40. The molecule has 5 aromatic rings. The third-order valence-electron chi connectivity index (χ3n) is 7.13. The van der Waals surface area contributed by atoms with Crippen LogP contribution in [0.1, 0.15) is 38.6 Å². The Morgan fingerprint density at radius 2 is 1.35 bits per heavy atom. The first-order chi connectivity index (χ1) is 20.4. The maximum absolute atomic E-state index is 13.0. The van der Waals surface area contributed by atoms with Gasteiger partial charge in [-0.3, -0.25) is 19.0 Å². The van der Waals surface area contributed by atoms with Gasteiger partial charge in [0.1, 0.15) is 5.75 Å². The summed E-state index contributed by atoms with van der Waals surface area (Å²) in [4.78, 5) is 35.0. The first kappa shape index (κ1) is 31.4. The van der Waals surface area contributed by atoms with Gasteiger partial charge < -0.3 is 19.5 Å². The van der Waals surface area contributed by atoms with E-state index in [2.05, 4.69) is 0 Å². The van der Waals surface area contributed by atoms with Crippen LogP contribution in [-0.4, -0.2) is 44.3 Å². The predicted molar refractivity (Wildman–Crippen MR) is 167 cm³/mol. The normalized spacial score (nSPS) is 10.7. The lowest BCUT2D eigenvalue weighted by atomic mass is 10.1. The summed E-state index contributed by atoms with van der Waals surface area (Å²) in [6.07, 6.45) is -0.121. The van der Waals surface area contributed by atoms with Crippen molar-refractivity contribution >= 4 is 52.0 Å². The molecule has 3 aromatic carbocycles. The number of hydrogen-bond donors (Lipinski definition) is 2. The Morgan fingerprint density at radius 1 is 0.767 bits per heavy atom. The van der Waals surface area contributed by atoms with Gasteiger partial charge in [0.2, 0.25) is 0 Å². The maximum Gasteiger partial charge on any atom is 0.307 e. The number of fused-ring (bicyclic) bond motifs is 1. The minimum absolute atomic E-state index is 0.0489. The Morgan fingerprint density at radius 3 is 1.91 bits per heavy atom. The molecule has 0 saturated carbocycles. The van der Waals surface area contributed by atoms with Gasteiger partial charge in [-0.05, 0) is 105 Å². The number of aromatic nitrogens is 2. The van der Waals surface area contributed by atoms with Gasteiger partial charge in [0.25, 0.3) is 5.91 Å². The van der Waals surface area contributed by atoms with Crippen LogP contribution in [0.4, 0.5) is 0 Å². The summed E-state index contributed by atoms with van der Waals surface area (Å²) < 4.78 is 8.81. The lowest BCUT2D eigenvalue weighted by Gasteiger charge is -2.09. The molecule has 8 nitrogen and oxygen atoms in total. The topological polar surface area (TPSA) is 111 Å². The molecular weight excluding hydrogens is 591 g/mol. The van der Waals surface area contributed by atoms with Crippen LogP contribution in [0.25, 0.3) is 16.6 Å². The summed E-state index contributed by atoms with van der Waals surface area (Å²) in [5.41, 5.74) is 6.13. The molecule has 43 heavy (non-hydrogen) atoms. The van der Waals surface area contributed by atoms with E-state index < -0.39 is 11.9 Å². The molecule has 0 unspecified atom stereocenters. The van der Waals surface area contributed by atoms with E-state index in [0.717, 1.165) is 22.6 Å². The zero-order valence-electron chi connectivity index (χ0n) is 24.0. The van der Waals surface area contributed by atoms with Crippen molar-refractivity contribution in [2.75, 3.05) is 7.11 Å². The molecule has 0 aliphatic rings. The number of methoxy groups -OCH3 is 1. The first-order valence-electron chi connectivity index (χ1n) is 13.3. The fourth-order valence-electron chi connectivity index (χ4n) is 5.11. The van der Waals surface area contributed by atoms with Gasteiger partial charge in [-0.1, -0.05) is 23.2 Å². The summed E-state index contributed by atoms with van der Waals surface area (Å²) in [6, 6.07) is 21.3. The van der Waals surface area contributed by atoms with Crippen molar-refractivity contribution in [2.45, 2.75) is 33.6 Å². The highest BCUT2D eigenvalue weighted by molar-refractivity contribution is 6.31. The number of carbonyl (C=O) groups is 3. The number of carbonyl (C=O) groups excluding carboxylic acids is 1. The zero-order valence-corrected chi connectivity index (χ0v) is 25.5. The maximum atomic E-state index is 13.0. The van der Waals surface area contributed by atoms with E-state index in [9.17, 15) is 19.5 Å². The molecule has 0 radical (unpaired) electrons. The summed E-state index contributed by atoms with van der Waals surface area (Å²) in [7, 11) is 1.54. The van der Waals surface area contributed by atoms with Crippen molar-refractivity contribution in [3.8, 4) is 11.4 Å². The standard InChI is InChI=1S/C19H16ClNO4.C14H14ClNO2/c1-11-15(10-18(22)23)16-9-14(25-2)7-8-17(16)21(11)19(24)12-3-5-13(20)6-4-12;1-9-7-11(8-14(17)18)10(2)16(9)13-5-3-12(15)4-6-13/h3-9H,10H2,1-2H3,(H,22,23);3-7H,8H2,1-2H3,(H,17,18). The Balaban J connectivity index is 0.000000208. The van der Waals surface area contributed by atoms with E-state index in [4.69, 9.17) is 33.0 Å². The van der Waals surface area contributed by atoms with Crippen LogP contribution >= 0.6 is 23.2 Å². The van der Waals surface area contributed by atoms with Crippen molar-refractivity contribution in [2.24, 2.45) is 0 Å². The van der Waals surface area contributed by atoms with Crippen LogP contribution < -0.4 is 4.74 Å². The number of halogens is 2. The minimum atomic E-state index is -0.955. The minimum Gasteiger partial charge on any atom is -0.497 e. The number of nitrogens with zero attached hydrogens (tertiary/aromatic N) is 2. The lowest BCUT2D eigenvalue weighted by molar-refractivity contribution is -0.137. The second-order valence-corrected chi connectivity index (χ2v) is 10.8. The molecule has 0 spiro atoms. The van der Waals surface area contributed by atoms with Crippen molar-refractivity contribution < 1.29 is 29.3 Å². The van der Waals surface area contributed by atoms with Gasteiger partial charge in [0.05, 0.1) is 25.5 Å². The number of rotatable bonds is 7. The number of aryl methyl sites for hydroxylation is 1. The van der Waals surface area contributed by atoms with Crippen LogP contribution in [0.5, 0.6) is 5.75 Å². The lowest BCUT2D eigenvalue weighted by Crippen LogP contribution is -2.14. The zero-order chi connectivity index (χ0) is 31.4. The van der Waals surface area contributed by atoms with Gasteiger partial charge in [0.15, 0.2) is 0 Å². The molecule has 0 amide bonds. The van der Waals surface area contributed by atoms with E-state index in [0.29, 0.717) is 43.5 Å². The number of hydrogen-bond acceptors (Lipinski definition) is 4. The van der Waals surface area contributed by atoms with Crippen LogP contribution in [-0.2, 0) is 22.4 Å². The molecule has 0 aliphatic carbocycles. The molecule has 0 aliphatic heterocycles. The molecule has 0 fully saturated rings. The Hall–Kier alpha value is -4.53. The number of carboxylic acids is 2. The Kier molecular flexibility index (Phi) is 9.63. The van der Waals surface area contributed by atoms with Crippen molar-refractivity contribution in [3.63, 3.8) is 0 Å². The first-order valence-corrected chi connectivity index (χ1v) is 14.0. The van der Waals surface area contributed by atoms with Gasteiger partial charge in [-0.25, -0.2) is 0 Å². The number of ether oxygens (including phenoxy) is 1. The van der Waals surface area contributed by atoms with Gasteiger partial charge in [-0.15, -0.1) is 0 Å². The highest BCUT2D eigenvalue weighted by atomic mass is 35.5. The smallest absolute Gasteiger partial charge is 0.307 e. The average Bonchev–Trinajstić information content (AvgIpc) is 3.39. The molecule has 222 valence electrons. The van der Waals surface area contributed by atoms with E-state index >= 15 is 0 Å². The second-order valence-electron chi connectivity index (χ2n) is 9.94. The molecule has 0 saturated heterocycles. The van der Waals surface area contributed by atoms with E-state index in [-0.39, 0.29) is 18.7 Å². The van der Waals surface area contributed by atoms with Crippen molar-refractivity contribution in [1.82, 2.24) is 9.13 Å². The molecule has 10 heteroatoms. The monoisotopic (exact) mass is 620 g/mol. The fourth-order valence-corrected chi connectivity index (χ4v) is 5.36. The van der Waals surface area contributed by atoms with Crippen LogP contribution in [0.2, 0.25) is 10.0 Å². The van der Waals surface area contributed by atoms with Crippen molar-refractivity contribution in [3.05, 3.63) is 117 Å². The third-order valence-corrected chi connectivity index (χ3v) is 7.63. The Bertz CT molecular complexity index is 1820. The van der Waals surface area contributed by atoms with Gasteiger partial charge in [0, 0.05) is 43.8 Å². The van der Waals surface area contributed by atoms with E-state index in [1.54, 1.807) is 56.5 Å². The number of benzene rings is 3.